The number of non-ortho nitro benzene ring substituents is 2. The van der Waals surface area contributed by atoms with Crippen molar-refractivity contribution in [3.8, 4) is 11.4 Å². The van der Waals surface area contributed by atoms with Crippen LogP contribution in [0.4, 0.5) is 17.1 Å². The number of amides is 1. The summed E-state index contributed by atoms with van der Waals surface area (Å²) in [6.45, 7) is 1.67. The highest BCUT2D eigenvalue weighted by Gasteiger charge is 2.23. The third-order valence-electron chi connectivity index (χ3n) is 5.12. The van der Waals surface area contributed by atoms with E-state index in [0.29, 0.717) is 33.3 Å². The molecule has 178 valence electrons. The molecule has 0 spiro atoms. The van der Waals surface area contributed by atoms with Crippen LogP contribution in [-0.4, -0.2) is 37.7 Å². The number of imidazole rings is 1. The summed E-state index contributed by atoms with van der Waals surface area (Å²) in [5.74, 6) is 0.167. The highest BCUT2D eigenvalue weighted by molar-refractivity contribution is 8.00. The molecule has 0 aliphatic rings. The Morgan fingerprint density at radius 3 is 2.46 bits per heavy atom. The number of para-hydroxylation sites is 2. The average Bonchev–Trinajstić information content (AvgIpc) is 3.20. The number of anilines is 1. The fourth-order valence-corrected chi connectivity index (χ4v) is 4.37. The molecule has 0 bridgehead atoms. The van der Waals surface area contributed by atoms with Crippen molar-refractivity contribution in [3.05, 3.63) is 87.0 Å². The first-order valence-electron chi connectivity index (χ1n) is 10.3. The van der Waals surface area contributed by atoms with Gasteiger partial charge in [0.1, 0.15) is 5.75 Å². The Hall–Kier alpha value is -4.45. The van der Waals surface area contributed by atoms with Gasteiger partial charge >= 0.3 is 0 Å². The van der Waals surface area contributed by atoms with Gasteiger partial charge in [0.2, 0.25) is 5.91 Å². The van der Waals surface area contributed by atoms with Gasteiger partial charge in [-0.15, -0.1) is 0 Å². The van der Waals surface area contributed by atoms with Crippen LogP contribution >= 0.6 is 11.8 Å². The van der Waals surface area contributed by atoms with Crippen molar-refractivity contribution < 1.29 is 19.4 Å². The van der Waals surface area contributed by atoms with Gasteiger partial charge in [-0.3, -0.25) is 29.6 Å². The topological polar surface area (TPSA) is 142 Å². The maximum atomic E-state index is 12.9. The number of ether oxygens (including phenoxy) is 1. The monoisotopic (exact) mass is 493 g/mol. The smallest absolute Gasteiger partial charge is 0.271 e. The van der Waals surface area contributed by atoms with Gasteiger partial charge in [-0.1, -0.05) is 30.0 Å². The molecular weight excluding hydrogens is 474 g/mol. The standard InChI is InChI=1S/C23H19N5O6S/c1-14(22(29)24-15-6-5-7-16(12-15)27(30)31)35-23-25-18-13-17(28(32)33)10-11-19(18)26(23)20-8-3-4-9-21(20)34-2/h3-14H,1-2H3,(H,24,29). The molecule has 11 nitrogen and oxygen atoms in total. The van der Waals surface area contributed by atoms with Gasteiger partial charge < -0.3 is 10.1 Å². The number of nitrogens with zero attached hydrogens (tertiary/aromatic N) is 4. The largest absolute Gasteiger partial charge is 0.495 e. The number of fused-ring (bicyclic) bond motifs is 1. The van der Waals surface area contributed by atoms with E-state index in [0.717, 1.165) is 11.8 Å². The summed E-state index contributed by atoms with van der Waals surface area (Å²) in [7, 11) is 1.53. The zero-order chi connectivity index (χ0) is 25.1. The van der Waals surface area contributed by atoms with Crippen LogP contribution in [0, 0.1) is 20.2 Å². The van der Waals surface area contributed by atoms with E-state index in [2.05, 4.69) is 10.3 Å². The molecule has 1 amide bonds. The van der Waals surface area contributed by atoms with Crippen molar-refractivity contribution in [1.29, 1.82) is 0 Å². The molecular formula is C23H19N5O6S. The van der Waals surface area contributed by atoms with E-state index >= 15 is 0 Å². The number of nitro groups is 2. The fraction of sp³-hybridized carbons (Fsp3) is 0.130. The molecule has 1 unspecified atom stereocenters. The van der Waals surface area contributed by atoms with Gasteiger partial charge in [-0.25, -0.2) is 4.98 Å². The van der Waals surface area contributed by atoms with Gasteiger partial charge in [0.05, 0.1) is 38.9 Å². The number of methoxy groups -OCH3 is 1. The van der Waals surface area contributed by atoms with E-state index in [9.17, 15) is 25.0 Å². The summed E-state index contributed by atoms with van der Waals surface area (Å²) in [6.07, 6.45) is 0. The van der Waals surface area contributed by atoms with Crippen molar-refractivity contribution >= 4 is 45.8 Å². The Balaban J connectivity index is 1.71. The second-order valence-electron chi connectivity index (χ2n) is 7.39. The number of hydrogen-bond donors (Lipinski definition) is 1. The van der Waals surface area contributed by atoms with Gasteiger partial charge in [0, 0.05) is 30.0 Å². The minimum absolute atomic E-state index is 0.102. The number of carbonyl (C=O) groups excluding carboxylic acids is 1. The minimum Gasteiger partial charge on any atom is -0.495 e. The zero-order valence-corrected chi connectivity index (χ0v) is 19.4. The van der Waals surface area contributed by atoms with Gasteiger partial charge in [-0.05, 0) is 31.2 Å². The van der Waals surface area contributed by atoms with E-state index in [1.165, 1.54) is 37.4 Å². The van der Waals surface area contributed by atoms with Gasteiger partial charge in [-0.2, -0.15) is 0 Å². The molecule has 12 heteroatoms. The average molecular weight is 494 g/mol. The number of hydrogen-bond acceptors (Lipinski definition) is 8. The first kappa shape index (κ1) is 23.7. The van der Waals surface area contributed by atoms with Crippen LogP contribution in [0.15, 0.2) is 71.9 Å². The highest BCUT2D eigenvalue weighted by atomic mass is 32.2. The summed E-state index contributed by atoms with van der Waals surface area (Å²) in [4.78, 5) is 38.7. The SMILES string of the molecule is COc1ccccc1-n1c(SC(C)C(=O)Nc2cccc([N+](=O)[O-])c2)nc2cc([N+](=O)[O-])ccc21. The van der Waals surface area contributed by atoms with Crippen LogP contribution < -0.4 is 10.1 Å². The quantitative estimate of drug-likeness (QED) is 0.206. The van der Waals surface area contributed by atoms with Crippen LogP contribution in [0.3, 0.4) is 0 Å². The van der Waals surface area contributed by atoms with Crippen LogP contribution in [0.5, 0.6) is 5.75 Å². The second-order valence-corrected chi connectivity index (χ2v) is 8.70. The molecule has 1 N–H and O–H groups in total. The lowest BCUT2D eigenvalue weighted by atomic mass is 10.2. The van der Waals surface area contributed by atoms with Gasteiger partial charge in [0.25, 0.3) is 11.4 Å². The molecule has 0 aliphatic heterocycles. The van der Waals surface area contributed by atoms with Crippen LogP contribution in [0.25, 0.3) is 16.7 Å². The fourth-order valence-electron chi connectivity index (χ4n) is 3.44. The summed E-state index contributed by atoms with van der Waals surface area (Å²) >= 11 is 1.14. The van der Waals surface area contributed by atoms with Crippen molar-refractivity contribution in [2.45, 2.75) is 17.3 Å². The van der Waals surface area contributed by atoms with E-state index in [1.807, 2.05) is 18.2 Å². The predicted molar refractivity (Wildman–Crippen MR) is 131 cm³/mol. The third-order valence-corrected chi connectivity index (χ3v) is 6.17. The lowest BCUT2D eigenvalue weighted by molar-refractivity contribution is -0.384. The Morgan fingerprint density at radius 2 is 1.74 bits per heavy atom. The number of benzene rings is 3. The summed E-state index contributed by atoms with van der Waals surface area (Å²) in [5.41, 5.74) is 1.70. The first-order chi connectivity index (χ1) is 16.8. The van der Waals surface area contributed by atoms with E-state index in [1.54, 1.807) is 29.7 Å². The summed E-state index contributed by atoms with van der Waals surface area (Å²) in [5, 5.41) is 24.7. The van der Waals surface area contributed by atoms with Crippen molar-refractivity contribution in [1.82, 2.24) is 9.55 Å². The van der Waals surface area contributed by atoms with Crippen molar-refractivity contribution in [2.75, 3.05) is 12.4 Å². The highest BCUT2D eigenvalue weighted by Crippen LogP contribution is 2.35. The molecule has 1 aromatic heterocycles. The molecule has 4 aromatic rings. The molecule has 0 saturated carbocycles. The van der Waals surface area contributed by atoms with Crippen LogP contribution in [0.1, 0.15) is 6.92 Å². The Labute approximate surface area is 203 Å². The van der Waals surface area contributed by atoms with Crippen molar-refractivity contribution in [2.24, 2.45) is 0 Å². The molecule has 0 aliphatic carbocycles. The maximum Gasteiger partial charge on any atom is 0.271 e. The third kappa shape index (κ3) is 4.92. The number of rotatable bonds is 8. The molecule has 0 radical (unpaired) electrons. The lowest BCUT2D eigenvalue weighted by Gasteiger charge is -2.15. The van der Waals surface area contributed by atoms with E-state index in [4.69, 9.17) is 4.74 Å². The Bertz CT molecular complexity index is 1450. The molecule has 35 heavy (non-hydrogen) atoms. The van der Waals surface area contributed by atoms with E-state index < -0.39 is 15.1 Å². The Morgan fingerprint density at radius 1 is 1.03 bits per heavy atom. The zero-order valence-electron chi connectivity index (χ0n) is 18.6. The minimum atomic E-state index is -0.658. The number of nitrogens with one attached hydrogen (secondary N) is 1. The summed E-state index contributed by atoms with van der Waals surface area (Å²) < 4.78 is 7.27. The molecule has 3 aromatic carbocycles. The first-order valence-corrected chi connectivity index (χ1v) is 11.2. The number of thioether (sulfide) groups is 1. The van der Waals surface area contributed by atoms with Crippen LogP contribution in [-0.2, 0) is 4.79 Å². The summed E-state index contributed by atoms with van der Waals surface area (Å²) in [6, 6.07) is 17.3. The van der Waals surface area contributed by atoms with Gasteiger partial charge in [0.15, 0.2) is 5.16 Å². The Kier molecular flexibility index (Phi) is 6.64. The molecule has 1 heterocycles. The predicted octanol–water partition coefficient (Wildman–Crippen LogP) is 4.97. The number of aromatic nitrogens is 2. The van der Waals surface area contributed by atoms with Crippen molar-refractivity contribution in [3.63, 3.8) is 0 Å². The number of carbonyl (C=O) groups is 1. The van der Waals surface area contributed by atoms with Crippen LogP contribution in [0.2, 0.25) is 0 Å². The normalized spacial score (nSPS) is 11.7. The van der Waals surface area contributed by atoms with E-state index in [-0.39, 0.29) is 17.3 Å². The molecule has 1 atom stereocenters. The number of nitro benzene ring substituents is 2. The molecule has 0 fully saturated rings. The maximum absolute atomic E-state index is 12.9. The second kappa shape index (κ2) is 9.81. The lowest BCUT2D eigenvalue weighted by Crippen LogP contribution is -2.23. The molecule has 0 saturated heterocycles. The molecule has 4 rings (SSSR count).